The van der Waals surface area contributed by atoms with Crippen LogP contribution in [-0.2, 0) is 0 Å². The van der Waals surface area contributed by atoms with Gasteiger partial charge in [-0.05, 0) is 37.8 Å². The summed E-state index contributed by atoms with van der Waals surface area (Å²) in [6.07, 6.45) is 3.19. The van der Waals surface area contributed by atoms with Gasteiger partial charge in [-0.25, -0.2) is 4.39 Å². The van der Waals surface area contributed by atoms with Crippen LogP contribution in [0, 0.1) is 11.7 Å². The standard InChI is InChI=1S/C14H18FNO2/c1-18-11-6-7-12(13(15)8-11)14(17)9-2-4-10(16)5-3-9/h6-10H,2-5,16H2,1H3. The highest BCUT2D eigenvalue weighted by Crippen LogP contribution is 2.28. The summed E-state index contributed by atoms with van der Waals surface area (Å²) in [6, 6.07) is 4.56. The van der Waals surface area contributed by atoms with E-state index in [1.807, 2.05) is 0 Å². The second kappa shape index (κ2) is 5.48. The molecule has 0 amide bonds. The first-order valence-electron chi connectivity index (χ1n) is 6.25. The van der Waals surface area contributed by atoms with Crippen molar-refractivity contribution in [1.29, 1.82) is 0 Å². The monoisotopic (exact) mass is 251 g/mol. The highest BCUT2D eigenvalue weighted by atomic mass is 19.1. The summed E-state index contributed by atoms with van der Waals surface area (Å²) in [5.74, 6) is -0.279. The van der Waals surface area contributed by atoms with Crippen LogP contribution >= 0.6 is 0 Å². The van der Waals surface area contributed by atoms with Crippen molar-refractivity contribution in [3.05, 3.63) is 29.6 Å². The third kappa shape index (κ3) is 2.70. The number of halogens is 1. The zero-order chi connectivity index (χ0) is 13.1. The van der Waals surface area contributed by atoms with Crippen LogP contribution in [0.3, 0.4) is 0 Å². The molecule has 0 bridgehead atoms. The molecule has 0 aliphatic heterocycles. The Kier molecular flexibility index (Phi) is 3.97. The lowest BCUT2D eigenvalue weighted by Gasteiger charge is -2.25. The van der Waals surface area contributed by atoms with E-state index in [0.717, 1.165) is 25.7 Å². The van der Waals surface area contributed by atoms with E-state index in [1.54, 1.807) is 6.07 Å². The van der Waals surface area contributed by atoms with Crippen molar-refractivity contribution in [2.75, 3.05) is 7.11 Å². The fraction of sp³-hybridized carbons (Fsp3) is 0.500. The van der Waals surface area contributed by atoms with Crippen molar-refractivity contribution in [3.8, 4) is 5.75 Å². The maximum Gasteiger partial charge on any atom is 0.168 e. The van der Waals surface area contributed by atoms with Crippen LogP contribution in [0.15, 0.2) is 18.2 Å². The van der Waals surface area contributed by atoms with Gasteiger partial charge in [0.25, 0.3) is 0 Å². The molecule has 0 saturated heterocycles. The van der Waals surface area contributed by atoms with Crippen LogP contribution in [0.2, 0.25) is 0 Å². The highest BCUT2D eigenvalue weighted by Gasteiger charge is 2.27. The van der Waals surface area contributed by atoms with Gasteiger partial charge in [0.05, 0.1) is 12.7 Å². The predicted octanol–water partition coefficient (Wildman–Crippen LogP) is 2.53. The number of ketones is 1. The number of benzene rings is 1. The summed E-state index contributed by atoms with van der Waals surface area (Å²) in [6.45, 7) is 0. The molecule has 0 spiro atoms. The summed E-state index contributed by atoms with van der Waals surface area (Å²) in [5, 5.41) is 0. The molecule has 1 aromatic rings. The van der Waals surface area contributed by atoms with Crippen LogP contribution in [0.25, 0.3) is 0 Å². The molecule has 0 atom stereocenters. The Morgan fingerprint density at radius 1 is 1.33 bits per heavy atom. The Labute approximate surface area is 106 Å². The van der Waals surface area contributed by atoms with E-state index < -0.39 is 5.82 Å². The van der Waals surface area contributed by atoms with E-state index in [4.69, 9.17) is 10.5 Å². The quantitative estimate of drug-likeness (QED) is 0.840. The van der Waals surface area contributed by atoms with Crippen molar-refractivity contribution < 1.29 is 13.9 Å². The molecule has 1 fully saturated rings. The number of methoxy groups -OCH3 is 1. The van der Waals surface area contributed by atoms with Gasteiger partial charge in [-0.1, -0.05) is 0 Å². The molecule has 0 unspecified atom stereocenters. The lowest BCUT2D eigenvalue weighted by molar-refractivity contribution is 0.0880. The van der Waals surface area contributed by atoms with E-state index in [1.165, 1.54) is 19.2 Å². The number of ether oxygens (including phenoxy) is 1. The average molecular weight is 251 g/mol. The largest absolute Gasteiger partial charge is 0.497 e. The fourth-order valence-corrected chi connectivity index (χ4v) is 2.42. The van der Waals surface area contributed by atoms with Crippen LogP contribution in [-0.4, -0.2) is 18.9 Å². The van der Waals surface area contributed by atoms with E-state index >= 15 is 0 Å². The molecule has 1 aliphatic carbocycles. The molecular weight excluding hydrogens is 233 g/mol. The van der Waals surface area contributed by atoms with Gasteiger partial charge >= 0.3 is 0 Å². The van der Waals surface area contributed by atoms with Gasteiger partial charge in [0, 0.05) is 18.0 Å². The maximum absolute atomic E-state index is 13.8. The first kappa shape index (κ1) is 13.0. The highest BCUT2D eigenvalue weighted by molar-refractivity contribution is 5.98. The Hall–Kier alpha value is -1.42. The van der Waals surface area contributed by atoms with E-state index in [-0.39, 0.29) is 23.3 Å². The van der Waals surface area contributed by atoms with Crippen LogP contribution < -0.4 is 10.5 Å². The third-order valence-corrected chi connectivity index (χ3v) is 3.58. The van der Waals surface area contributed by atoms with E-state index in [0.29, 0.717) is 5.75 Å². The summed E-state index contributed by atoms with van der Waals surface area (Å²) in [7, 11) is 1.47. The number of carbonyl (C=O) groups is 1. The van der Waals surface area contributed by atoms with E-state index in [2.05, 4.69) is 0 Å². The summed E-state index contributed by atoms with van der Waals surface area (Å²) in [4.78, 5) is 12.2. The summed E-state index contributed by atoms with van der Waals surface area (Å²) >= 11 is 0. The van der Waals surface area contributed by atoms with Crippen molar-refractivity contribution in [1.82, 2.24) is 0 Å². The molecular formula is C14H18FNO2. The number of hydrogen-bond donors (Lipinski definition) is 1. The van der Waals surface area contributed by atoms with Gasteiger partial charge in [0.15, 0.2) is 5.78 Å². The molecule has 1 saturated carbocycles. The van der Waals surface area contributed by atoms with Gasteiger partial charge in [0.2, 0.25) is 0 Å². The van der Waals surface area contributed by atoms with E-state index in [9.17, 15) is 9.18 Å². The number of hydrogen-bond acceptors (Lipinski definition) is 3. The molecule has 0 radical (unpaired) electrons. The van der Waals surface area contributed by atoms with Gasteiger partial charge < -0.3 is 10.5 Å². The third-order valence-electron chi connectivity index (χ3n) is 3.58. The SMILES string of the molecule is COc1ccc(C(=O)C2CCC(N)CC2)c(F)c1. The minimum Gasteiger partial charge on any atom is -0.497 e. The molecule has 2 N–H and O–H groups in total. The fourth-order valence-electron chi connectivity index (χ4n) is 2.42. The normalized spacial score (nSPS) is 23.7. The van der Waals surface area contributed by atoms with Gasteiger partial charge in [-0.2, -0.15) is 0 Å². The minimum atomic E-state index is -0.505. The molecule has 0 aromatic heterocycles. The minimum absolute atomic E-state index is 0.0901. The lowest BCUT2D eigenvalue weighted by atomic mass is 9.82. The van der Waals surface area contributed by atoms with Crippen LogP contribution in [0.4, 0.5) is 4.39 Å². The molecule has 2 rings (SSSR count). The molecule has 18 heavy (non-hydrogen) atoms. The zero-order valence-electron chi connectivity index (χ0n) is 10.5. The molecule has 98 valence electrons. The predicted molar refractivity (Wildman–Crippen MR) is 67.2 cm³/mol. The van der Waals surface area contributed by atoms with Crippen molar-refractivity contribution in [2.45, 2.75) is 31.7 Å². The maximum atomic E-state index is 13.8. The van der Waals surface area contributed by atoms with Crippen molar-refractivity contribution in [3.63, 3.8) is 0 Å². The molecule has 1 aromatic carbocycles. The van der Waals surface area contributed by atoms with Gasteiger partial charge in [-0.15, -0.1) is 0 Å². The Morgan fingerprint density at radius 2 is 2.00 bits per heavy atom. The molecule has 0 heterocycles. The first-order chi connectivity index (χ1) is 8.61. The topological polar surface area (TPSA) is 52.3 Å². The summed E-state index contributed by atoms with van der Waals surface area (Å²) in [5.41, 5.74) is 5.96. The number of carbonyl (C=O) groups excluding carboxylic acids is 1. The number of nitrogens with two attached hydrogens (primary N) is 1. The molecule has 3 nitrogen and oxygen atoms in total. The Morgan fingerprint density at radius 3 is 2.56 bits per heavy atom. The van der Waals surface area contributed by atoms with Gasteiger partial charge in [0.1, 0.15) is 11.6 Å². The second-order valence-electron chi connectivity index (χ2n) is 4.82. The smallest absolute Gasteiger partial charge is 0.168 e. The average Bonchev–Trinajstić information content (AvgIpc) is 2.38. The molecule has 4 heteroatoms. The Bertz CT molecular complexity index is 439. The van der Waals surface area contributed by atoms with Crippen LogP contribution in [0.1, 0.15) is 36.0 Å². The van der Waals surface area contributed by atoms with Gasteiger partial charge in [-0.3, -0.25) is 4.79 Å². The lowest BCUT2D eigenvalue weighted by Crippen LogP contribution is -2.30. The second-order valence-corrected chi connectivity index (χ2v) is 4.82. The van der Waals surface area contributed by atoms with Crippen molar-refractivity contribution in [2.24, 2.45) is 11.7 Å². The Balaban J connectivity index is 2.13. The number of rotatable bonds is 3. The summed E-state index contributed by atoms with van der Waals surface area (Å²) < 4.78 is 18.7. The number of Topliss-reactive ketones (excluding diaryl/α,β-unsaturated/α-hetero) is 1. The zero-order valence-corrected chi connectivity index (χ0v) is 10.5. The van der Waals surface area contributed by atoms with Crippen molar-refractivity contribution >= 4 is 5.78 Å². The first-order valence-corrected chi connectivity index (χ1v) is 6.25. The van der Waals surface area contributed by atoms with Crippen LogP contribution in [0.5, 0.6) is 5.75 Å². The molecule has 1 aliphatic rings.